The average Bonchev–Trinajstić information content (AvgIpc) is 3.25. The minimum absolute atomic E-state index is 0.0706. The molecule has 8 nitrogen and oxygen atoms in total. The molecule has 2 aliphatic rings. The van der Waals surface area contributed by atoms with E-state index in [0.29, 0.717) is 25.7 Å². The number of nitrogens with zero attached hydrogens (tertiary/aromatic N) is 1. The Bertz CT molecular complexity index is 932. The summed E-state index contributed by atoms with van der Waals surface area (Å²) < 4.78 is 6.20. The number of hydrogen-bond donors (Lipinski definition) is 2. The molecule has 1 aliphatic carbocycles. The Morgan fingerprint density at radius 3 is 2.94 bits per heavy atom. The molecule has 0 saturated heterocycles. The molecule has 1 aromatic rings. The number of aryl methyl sites for hydroxylation is 1. The molecule has 1 aromatic carbocycles. The monoisotopic (exact) mass is 443 g/mol. The summed E-state index contributed by atoms with van der Waals surface area (Å²) in [7, 11) is 0. The molecule has 8 heteroatoms. The molecule has 0 radical (unpaired) electrons. The van der Waals surface area contributed by atoms with E-state index in [0.717, 1.165) is 16.9 Å². The first-order chi connectivity index (χ1) is 15.3. The van der Waals surface area contributed by atoms with Gasteiger partial charge in [-0.3, -0.25) is 4.79 Å². The number of carbonyl (C=O) groups is 1. The van der Waals surface area contributed by atoms with Crippen LogP contribution in [0, 0.1) is 33.8 Å². The van der Waals surface area contributed by atoms with Crippen molar-refractivity contribution in [3.05, 3.63) is 51.6 Å². The van der Waals surface area contributed by atoms with Crippen molar-refractivity contribution < 1.29 is 29.7 Å². The van der Waals surface area contributed by atoms with Crippen molar-refractivity contribution in [2.24, 2.45) is 11.8 Å². The first kappa shape index (κ1) is 23.6. The van der Waals surface area contributed by atoms with Crippen molar-refractivity contribution in [3.63, 3.8) is 0 Å². The summed E-state index contributed by atoms with van der Waals surface area (Å²) in [4.78, 5) is 26.9. The molecule has 0 spiro atoms. The summed E-state index contributed by atoms with van der Waals surface area (Å²) in [6.45, 7) is 3.65. The molecule has 2 N–H and O–H groups in total. The Morgan fingerprint density at radius 2 is 2.25 bits per heavy atom. The largest absolute Gasteiger partial charge is 0.489 e. The SMILES string of the molecule is CC#CCC(C)[C@H](O)/C=C/[C@@H]1[C@H]2c3cccc(CCCC(=O)O)c3O[C@H]2C[C@H]1O[N+](=O)[O-]. The third-order valence-corrected chi connectivity index (χ3v) is 6.24. The molecule has 0 amide bonds. The second kappa shape index (κ2) is 10.5. The zero-order chi connectivity index (χ0) is 23.3. The highest BCUT2D eigenvalue weighted by atomic mass is 17.0. The van der Waals surface area contributed by atoms with Crippen LogP contribution in [-0.4, -0.2) is 39.6 Å². The van der Waals surface area contributed by atoms with Crippen molar-refractivity contribution in [3.8, 4) is 17.6 Å². The Kier molecular flexibility index (Phi) is 7.75. The van der Waals surface area contributed by atoms with E-state index in [1.807, 2.05) is 31.2 Å². The standard InChI is InChI=1S/C24H29NO7/c1-3-4-7-15(2)19(26)13-12-17-20(32-25(29)30)14-21-23(17)18-10-5-8-16(24(18)31-21)9-6-11-22(27)28/h5,8,10,12-13,15,17,19-21,23,26H,6-7,9,11,14H2,1-2H3,(H,27,28)/b13-12+/t15?,17-,19+,20+,21-,23-/m0/s1. The molecule has 1 fully saturated rings. The number of ether oxygens (including phenoxy) is 1. The number of aliphatic hydroxyl groups excluding tert-OH is 1. The average molecular weight is 443 g/mol. The van der Waals surface area contributed by atoms with Crippen molar-refractivity contribution in [2.75, 3.05) is 0 Å². The smallest absolute Gasteiger partial charge is 0.303 e. The van der Waals surface area contributed by atoms with Crippen LogP contribution in [0.2, 0.25) is 0 Å². The van der Waals surface area contributed by atoms with Gasteiger partial charge in [-0.2, -0.15) is 0 Å². The number of carboxylic acid groups (broad SMARTS) is 1. The van der Waals surface area contributed by atoms with Crippen molar-refractivity contribution in [1.82, 2.24) is 0 Å². The van der Waals surface area contributed by atoms with Gasteiger partial charge in [0.05, 0.1) is 6.10 Å². The summed E-state index contributed by atoms with van der Waals surface area (Å²) in [5.41, 5.74) is 1.89. The summed E-state index contributed by atoms with van der Waals surface area (Å²) in [6, 6.07) is 5.78. The minimum atomic E-state index is -0.835. The van der Waals surface area contributed by atoms with Crippen molar-refractivity contribution in [1.29, 1.82) is 0 Å². The molecular weight excluding hydrogens is 414 g/mol. The maximum absolute atomic E-state index is 11.1. The Balaban J connectivity index is 1.83. The van der Waals surface area contributed by atoms with Gasteiger partial charge in [0.15, 0.2) is 0 Å². The zero-order valence-corrected chi connectivity index (χ0v) is 18.3. The number of aliphatic carboxylic acids is 1. The van der Waals surface area contributed by atoms with E-state index in [1.54, 1.807) is 13.0 Å². The van der Waals surface area contributed by atoms with Crippen LogP contribution in [0.1, 0.15) is 56.6 Å². The van der Waals surface area contributed by atoms with Crippen LogP contribution in [0.4, 0.5) is 0 Å². The molecule has 3 rings (SSSR count). The highest BCUT2D eigenvalue weighted by molar-refractivity contribution is 5.66. The van der Waals surface area contributed by atoms with Crippen LogP contribution >= 0.6 is 0 Å². The van der Waals surface area contributed by atoms with Crippen LogP contribution in [0.3, 0.4) is 0 Å². The summed E-state index contributed by atoms with van der Waals surface area (Å²) in [6.07, 6.45) is 3.91. The van der Waals surface area contributed by atoms with E-state index >= 15 is 0 Å². The second-order valence-corrected chi connectivity index (χ2v) is 8.43. The molecule has 172 valence electrons. The Hall–Kier alpha value is -3.05. The Labute approximate surface area is 187 Å². The number of benzene rings is 1. The van der Waals surface area contributed by atoms with E-state index < -0.39 is 23.3 Å². The quantitative estimate of drug-likeness (QED) is 0.246. The number of hydrogen-bond acceptors (Lipinski definition) is 6. The van der Waals surface area contributed by atoms with Gasteiger partial charge in [0.1, 0.15) is 18.0 Å². The number of carboxylic acids is 1. The van der Waals surface area contributed by atoms with E-state index in [4.69, 9.17) is 14.7 Å². The molecule has 1 heterocycles. The van der Waals surface area contributed by atoms with E-state index in [2.05, 4.69) is 11.8 Å². The van der Waals surface area contributed by atoms with Gasteiger partial charge >= 0.3 is 5.97 Å². The minimum Gasteiger partial charge on any atom is -0.489 e. The number of rotatable bonds is 10. The van der Waals surface area contributed by atoms with Gasteiger partial charge in [0.2, 0.25) is 0 Å². The summed E-state index contributed by atoms with van der Waals surface area (Å²) in [5, 5.41) is 29.7. The molecule has 1 saturated carbocycles. The zero-order valence-electron chi connectivity index (χ0n) is 18.3. The van der Waals surface area contributed by atoms with Gasteiger partial charge in [-0.25, -0.2) is 0 Å². The van der Waals surface area contributed by atoms with Gasteiger partial charge in [-0.05, 0) is 31.2 Å². The topological polar surface area (TPSA) is 119 Å². The maximum Gasteiger partial charge on any atom is 0.303 e. The molecular formula is C24H29NO7. The van der Waals surface area contributed by atoms with Crippen molar-refractivity contribution in [2.45, 2.75) is 70.2 Å². The number of fused-ring (bicyclic) bond motifs is 3. The number of para-hydroxylation sites is 1. The van der Waals surface area contributed by atoms with Crippen LogP contribution in [0.25, 0.3) is 0 Å². The third-order valence-electron chi connectivity index (χ3n) is 6.24. The molecule has 32 heavy (non-hydrogen) atoms. The van der Waals surface area contributed by atoms with Gasteiger partial charge in [0.25, 0.3) is 5.09 Å². The maximum atomic E-state index is 11.1. The second-order valence-electron chi connectivity index (χ2n) is 8.43. The fourth-order valence-electron chi connectivity index (χ4n) is 4.61. The van der Waals surface area contributed by atoms with E-state index in [-0.39, 0.29) is 30.3 Å². The van der Waals surface area contributed by atoms with Crippen LogP contribution in [-0.2, 0) is 16.1 Å². The molecule has 1 unspecified atom stereocenters. The van der Waals surface area contributed by atoms with Gasteiger partial charge in [-0.1, -0.05) is 37.3 Å². The third kappa shape index (κ3) is 5.40. The first-order valence-electron chi connectivity index (χ1n) is 10.9. The lowest BCUT2D eigenvalue weighted by Gasteiger charge is -2.21. The number of aliphatic hydroxyl groups is 1. The lowest BCUT2D eigenvalue weighted by atomic mass is 9.86. The summed E-state index contributed by atoms with van der Waals surface area (Å²) in [5.74, 6) is 5.15. The van der Waals surface area contributed by atoms with Crippen molar-refractivity contribution >= 4 is 5.97 Å². The fraction of sp³-hybridized carbons (Fsp3) is 0.542. The van der Waals surface area contributed by atoms with E-state index in [1.165, 1.54) is 0 Å². The summed E-state index contributed by atoms with van der Waals surface area (Å²) >= 11 is 0. The van der Waals surface area contributed by atoms with Crippen LogP contribution in [0.5, 0.6) is 5.75 Å². The van der Waals surface area contributed by atoms with Gasteiger partial charge in [-0.15, -0.1) is 22.0 Å². The highest BCUT2D eigenvalue weighted by Gasteiger charge is 2.51. The Morgan fingerprint density at radius 1 is 1.47 bits per heavy atom. The van der Waals surface area contributed by atoms with E-state index in [9.17, 15) is 20.0 Å². The van der Waals surface area contributed by atoms with Crippen LogP contribution in [0.15, 0.2) is 30.4 Å². The lowest BCUT2D eigenvalue weighted by Crippen LogP contribution is -2.24. The predicted molar refractivity (Wildman–Crippen MR) is 117 cm³/mol. The molecule has 6 atom stereocenters. The molecule has 0 bridgehead atoms. The van der Waals surface area contributed by atoms with Crippen LogP contribution < -0.4 is 4.74 Å². The molecule has 1 aliphatic heterocycles. The lowest BCUT2D eigenvalue weighted by molar-refractivity contribution is -0.769. The highest BCUT2D eigenvalue weighted by Crippen LogP contribution is 2.52. The van der Waals surface area contributed by atoms with Gasteiger partial charge in [0, 0.05) is 36.7 Å². The molecule has 0 aromatic heterocycles. The fourth-order valence-corrected chi connectivity index (χ4v) is 4.61. The normalized spacial score (nSPS) is 25.2. The first-order valence-corrected chi connectivity index (χ1v) is 10.9. The predicted octanol–water partition coefficient (Wildman–Crippen LogP) is 3.50. The van der Waals surface area contributed by atoms with Gasteiger partial charge < -0.3 is 19.8 Å².